The van der Waals surface area contributed by atoms with Crippen LogP contribution >= 0.6 is 11.3 Å². The smallest absolute Gasteiger partial charge is 0.267 e. The molecule has 0 unspecified atom stereocenters. The maximum absolute atomic E-state index is 12.5. The second kappa shape index (κ2) is 6.32. The van der Waals surface area contributed by atoms with Gasteiger partial charge in [-0.3, -0.25) is 9.89 Å². The van der Waals surface area contributed by atoms with E-state index in [0.29, 0.717) is 16.6 Å². The predicted octanol–water partition coefficient (Wildman–Crippen LogP) is 4.36. The number of nitrogens with one attached hydrogen (secondary N) is 2. The second-order valence-electron chi connectivity index (χ2n) is 7.63. The van der Waals surface area contributed by atoms with Crippen molar-refractivity contribution in [3.63, 3.8) is 0 Å². The molecule has 0 spiro atoms. The zero-order chi connectivity index (χ0) is 18.3. The molecule has 0 saturated heterocycles. The summed E-state index contributed by atoms with van der Waals surface area (Å²) < 4.78 is 0. The van der Waals surface area contributed by atoms with Crippen LogP contribution in [-0.2, 0) is 5.41 Å². The molecule has 1 amide bonds. The number of hydrogen-bond acceptors (Lipinski definition) is 5. The van der Waals surface area contributed by atoms with Crippen molar-refractivity contribution in [3.05, 3.63) is 46.2 Å². The van der Waals surface area contributed by atoms with Crippen molar-refractivity contribution in [1.82, 2.24) is 20.2 Å². The topological polar surface area (TPSA) is 83.6 Å². The van der Waals surface area contributed by atoms with Crippen LogP contribution in [0.2, 0.25) is 0 Å². The van der Waals surface area contributed by atoms with Crippen molar-refractivity contribution in [2.24, 2.45) is 0 Å². The van der Waals surface area contributed by atoms with Crippen LogP contribution in [0.15, 0.2) is 30.5 Å². The Morgan fingerprint density at radius 1 is 1.31 bits per heavy atom. The van der Waals surface area contributed by atoms with E-state index in [9.17, 15) is 4.79 Å². The SMILES string of the molecule is CC(C)(C)c1ncc(C(=O)Nc2cccc(-c3n[nH]c(C4CC4)n3)c2)s1. The summed E-state index contributed by atoms with van der Waals surface area (Å²) in [5.41, 5.74) is 1.54. The number of H-pyrrole nitrogens is 1. The Labute approximate surface area is 156 Å². The molecule has 2 heterocycles. The summed E-state index contributed by atoms with van der Waals surface area (Å²) in [5.74, 6) is 2.00. The minimum absolute atomic E-state index is 0.0615. The van der Waals surface area contributed by atoms with E-state index in [2.05, 4.69) is 46.3 Å². The molecular formula is C19H21N5OS. The van der Waals surface area contributed by atoms with Crippen LogP contribution in [0.1, 0.15) is 60.0 Å². The zero-order valence-corrected chi connectivity index (χ0v) is 15.9. The van der Waals surface area contributed by atoms with Gasteiger partial charge in [-0.25, -0.2) is 9.97 Å². The first-order chi connectivity index (χ1) is 12.4. The summed E-state index contributed by atoms with van der Waals surface area (Å²) >= 11 is 1.43. The molecule has 0 aliphatic heterocycles. The molecular weight excluding hydrogens is 346 g/mol. The number of nitrogens with zero attached hydrogens (tertiary/aromatic N) is 3. The van der Waals surface area contributed by atoms with Crippen LogP contribution in [-0.4, -0.2) is 26.1 Å². The number of carbonyl (C=O) groups is 1. The first-order valence-corrected chi connectivity index (χ1v) is 9.52. The van der Waals surface area contributed by atoms with Crippen molar-refractivity contribution in [2.75, 3.05) is 5.32 Å². The molecule has 0 bridgehead atoms. The van der Waals surface area contributed by atoms with Crippen molar-refractivity contribution in [3.8, 4) is 11.4 Å². The number of aromatic amines is 1. The van der Waals surface area contributed by atoms with E-state index in [1.54, 1.807) is 6.20 Å². The van der Waals surface area contributed by atoms with Crippen molar-refractivity contribution in [1.29, 1.82) is 0 Å². The van der Waals surface area contributed by atoms with Gasteiger partial charge in [0.15, 0.2) is 5.82 Å². The molecule has 0 atom stereocenters. The van der Waals surface area contributed by atoms with Crippen LogP contribution in [0.25, 0.3) is 11.4 Å². The Kier molecular flexibility index (Phi) is 4.11. The Morgan fingerprint density at radius 3 is 2.81 bits per heavy atom. The standard InChI is InChI=1S/C19H21N5OS/c1-19(2,3)18-20-10-14(26-18)17(25)21-13-6-4-5-12(9-13)16-22-15(23-24-16)11-7-8-11/h4-6,9-11H,7-8H2,1-3H3,(H,21,25)(H,22,23,24). The van der Waals surface area contributed by atoms with E-state index in [4.69, 9.17) is 0 Å². The van der Waals surface area contributed by atoms with Gasteiger partial charge in [-0.15, -0.1) is 11.3 Å². The second-order valence-corrected chi connectivity index (χ2v) is 8.66. The molecule has 1 aliphatic rings. The summed E-state index contributed by atoms with van der Waals surface area (Å²) in [5, 5.41) is 11.2. The fraction of sp³-hybridized carbons (Fsp3) is 0.368. The molecule has 1 fully saturated rings. The molecule has 0 radical (unpaired) electrons. The number of aromatic nitrogens is 4. The van der Waals surface area contributed by atoms with Crippen LogP contribution in [0, 0.1) is 0 Å². The predicted molar refractivity (Wildman–Crippen MR) is 103 cm³/mol. The van der Waals surface area contributed by atoms with E-state index in [-0.39, 0.29) is 11.3 Å². The Balaban J connectivity index is 1.51. The number of rotatable bonds is 4. The summed E-state index contributed by atoms with van der Waals surface area (Å²) in [7, 11) is 0. The van der Waals surface area contributed by atoms with Gasteiger partial charge in [0.1, 0.15) is 10.7 Å². The molecule has 26 heavy (non-hydrogen) atoms. The van der Waals surface area contributed by atoms with Gasteiger partial charge in [-0.2, -0.15) is 5.10 Å². The molecule has 1 aromatic carbocycles. The summed E-state index contributed by atoms with van der Waals surface area (Å²) in [6.45, 7) is 6.26. The lowest BCUT2D eigenvalue weighted by molar-refractivity contribution is 0.103. The van der Waals surface area contributed by atoms with E-state index >= 15 is 0 Å². The lowest BCUT2D eigenvalue weighted by Gasteiger charge is -2.13. The molecule has 2 aromatic heterocycles. The average molecular weight is 367 g/mol. The monoisotopic (exact) mass is 367 g/mol. The average Bonchev–Trinajstić information content (AvgIpc) is 3.12. The number of carbonyl (C=O) groups excluding carboxylic acids is 1. The van der Waals surface area contributed by atoms with Gasteiger partial charge >= 0.3 is 0 Å². The fourth-order valence-corrected chi connectivity index (χ4v) is 3.47. The van der Waals surface area contributed by atoms with Crippen LogP contribution < -0.4 is 5.32 Å². The number of anilines is 1. The highest BCUT2D eigenvalue weighted by Gasteiger charge is 2.27. The lowest BCUT2D eigenvalue weighted by Crippen LogP contribution is -2.11. The molecule has 3 aromatic rings. The number of hydrogen-bond donors (Lipinski definition) is 2. The third-order valence-electron chi connectivity index (χ3n) is 4.22. The highest BCUT2D eigenvalue weighted by molar-refractivity contribution is 7.13. The first-order valence-electron chi connectivity index (χ1n) is 8.70. The third kappa shape index (κ3) is 3.53. The minimum Gasteiger partial charge on any atom is -0.321 e. The van der Waals surface area contributed by atoms with Gasteiger partial charge in [0.05, 0.1) is 11.2 Å². The van der Waals surface area contributed by atoms with Crippen LogP contribution in [0.4, 0.5) is 5.69 Å². The van der Waals surface area contributed by atoms with Gasteiger partial charge < -0.3 is 5.32 Å². The van der Waals surface area contributed by atoms with Gasteiger partial charge in [0.25, 0.3) is 5.91 Å². The summed E-state index contributed by atoms with van der Waals surface area (Å²) in [6, 6.07) is 7.59. The van der Waals surface area contributed by atoms with Gasteiger partial charge in [0, 0.05) is 22.6 Å². The molecule has 4 rings (SSSR count). The number of benzene rings is 1. The van der Waals surface area contributed by atoms with Crippen LogP contribution in [0.5, 0.6) is 0 Å². The zero-order valence-electron chi connectivity index (χ0n) is 15.0. The van der Waals surface area contributed by atoms with E-state index in [1.807, 2.05) is 24.3 Å². The molecule has 6 nitrogen and oxygen atoms in total. The van der Waals surface area contributed by atoms with E-state index < -0.39 is 0 Å². The first kappa shape index (κ1) is 16.9. The Hall–Kier alpha value is -2.54. The van der Waals surface area contributed by atoms with Crippen molar-refractivity contribution < 1.29 is 4.79 Å². The van der Waals surface area contributed by atoms with Gasteiger partial charge in [-0.1, -0.05) is 32.9 Å². The molecule has 2 N–H and O–H groups in total. The highest BCUT2D eigenvalue weighted by Crippen LogP contribution is 2.38. The molecule has 1 aliphatic carbocycles. The summed E-state index contributed by atoms with van der Waals surface area (Å²) in [6.07, 6.45) is 3.99. The van der Waals surface area contributed by atoms with E-state index in [1.165, 1.54) is 24.2 Å². The fourth-order valence-electron chi connectivity index (χ4n) is 2.60. The minimum atomic E-state index is -0.149. The lowest BCUT2D eigenvalue weighted by atomic mass is 9.98. The maximum atomic E-state index is 12.5. The number of amides is 1. The van der Waals surface area contributed by atoms with Gasteiger partial charge in [-0.05, 0) is 25.0 Å². The third-order valence-corrected chi connectivity index (χ3v) is 5.64. The van der Waals surface area contributed by atoms with Crippen LogP contribution in [0.3, 0.4) is 0 Å². The summed E-state index contributed by atoms with van der Waals surface area (Å²) in [4.78, 5) is 22.1. The molecule has 134 valence electrons. The van der Waals surface area contributed by atoms with Crippen molar-refractivity contribution in [2.45, 2.75) is 44.9 Å². The van der Waals surface area contributed by atoms with Crippen molar-refractivity contribution >= 4 is 22.9 Å². The highest BCUT2D eigenvalue weighted by atomic mass is 32.1. The Morgan fingerprint density at radius 2 is 2.12 bits per heavy atom. The Bertz CT molecular complexity index is 949. The van der Waals surface area contributed by atoms with E-state index in [0.717, 1.165) is 22.1 Å². The normalized spacial score (nSPS) is 14.4. The van der Waals surface area contributed by atoms with Gasteiger partial charge in [0.2, 0.25) is 0 Å². The molecule has 1 saturated carbocycles. The molecule has 7 heteroatoms. The maximum Gasteiger partial charge on any atom is 0.267 e. The largest absolute Gasteiger partial charge is 0.321 e. The quantitative estimate of drug-likeness (QED) is 0.718. The number of thiazole rings is 1.